The summed E-state index contributed by atoms with van der Waals surface area (Å²) in [4.78, 5) is 10.7. The average Bonchev–Trinajstić information content (AvgIpc) is 2.30. The highest BCUT2D eigenvalue weighted by Gasteiger charge is 2.17. The molecule has 1 aromatic rings. The van der Waals surface area contributed by atoms with Crippen molar-refractivity contribution in [1.29, 1.82) is 0 Å². The summed E-state index contributed by atoms with van der Waals surface area (Å²) < 4.78 is 4.55. The summed E-state index contributed by atoms with van der Waals surface area (Å²) in [6.07, 6.45) is 1.75. The standard InChI is InChI=1S/C5H7N3O2S/c1-11-5-2(3(6)9)4(7)10-8-5/h7H2,1H3,(H2,6,9). The van der Waals surface area contributed by atoms with E-state index in [0.29, 0.717) is 5.03 Å². The second-order valence-corrected chi connectivity index (χ2v) is 2.59. The first-order valence-electron chi connectivity index (χ1n) is 2.75. The number of aromatic nitrogens is 1. The lowest BCUT2D eigenvalue weighted by molar-refractivity contribution is 0.0998. The molecule has 0 aliphatic carbocycles. The SMILES string of the molecule is CSc1noc(N)c1C(N)=O. The molecule has 1 heterocycles. The Morgan fingerprint density at radius 3 is 2.73 bits per heavy atom. The van der Waals surface area contributed by atoms with Gasteiger partial charge in [0.05, 0.1) is 0 Å². The number of nitrogens with zero attached hydrogens (tertiary/aromatic N) is 1. The fraction of sp³-hybridized carbons (Fsp3) is 0.200. The van der Waals surface area contributed by atoms with E-state index in [1.165, 1.54) is 11.8 Å². The van der Waals surface area contributed by atoms with E-state index in [0.717, 1.165) is 0 Å². The number of thioether (sulfide) groups is 1. The van der Waals surface area contributed by atoms with E-state index in [2.05, 4.69) is 9.68 Å². The molecular formula is C5H7N3O2S. The number of anilines is 1. The topological polar surface area (TPSA) is 95.1 Å². The Labute approximate surface area is 67.1 Å². The first-order chi connectivity index (χ1) is 5.16. The smallest absolute Gasteiger partial charge is 0.257 e. The first-order valence-corrected chi connectivity index (χ1v) is 3.98. The first kappa shape index (κ1) is 7.93. The number of nitrogens with two attached hydrogens (primary N) is 2. The van der Waals surface area contributed by atoms with Crippen molar-refractivity contribution in [2.45, 2.75) is 5.03 Å². The maximum Gasteiger partial charge on any atom is 0.257 e. The summed E-state index contributed by atoms with van der Waals surface area (Å²) >= 11 is 1.26. The fourth-order valence-electron chi connectivity index (χ4n) is 0.653. The number of carbonyl (C=O) groups excluding carboxylic acids is 1. The Morgan fingerprint density at radius 1 is 1.73 bits per heavy atom. The van der Waals surface area contributed by atoms with Crippen molar-refractivity contribution in [1.82, 2.24) is 5.16 Å². The number of nitrogen functional groups attached to an aromatic ring is 1. The van der Waals surface area contributed by atoms with Crippen LogP contribution in [0, 0.1) is 0 Å². The molecule has 0 unspecified atom stereocenters. The van der Waals surface area contributed by atoms with Gasteiger partial charge in [-0.15, -0.1) is 11.8 Å². The summed E-state index contributed by atoms with van der Waals surface area (Å²) in [7, 11) is 0. The van der Waals surface area contributed by atoms with E-state index in [4.69, 9.17) is 11.5 Å². The van der Waals surface area contributed by atoms with Gasteiger partial charge >= 0.3 is 0 Å². The van der Waals surface area contributed by atoms with Crippen molar-refractivity contribution >= 4 is 23.6 Å². The number of carbonyl (C=O) groups is 1. The zero-order valence-corrected chi connectivity index (χ0v) is 6.64. The third-order valence-corrected chi connectivity index (χ3v) is 1.79. The molecule has 0 aromatic carbocycles. The average molecular weight is 173 g/mol. The summed E-state index contributed by atoms with van der Waals surface area (Å²) in [6.45, 7) is 0. The van der Waals surface area contributed by atoms with E-state index in [1.54, 1.807) is 6.26 Å². The molecule has 1 amide bonds. The Hall–Kier alpha value is -1.17. The number of amides is 1. The lowest BCUT2D eigenvalue weighted by Crippen LogP contribution is -2.12. The monoisotopic (exact) mass is 173 g/mol. The van der Waals surface area contributed by atoms with Crippen molar-refractivity contribution in [3.63, 3.8) is 0 Å². The summed E-state index contributed by atoms with van der Waals surface area (Å²) in [6, 6.07) is 0. The Kier molecular flexibility index (Phi) is 2.04. The van der Waals surface area contributed by atoms with Crippen LogP contribution in [0.5, 0.6) is 0 Å². The van der Waals surface area contributed by atoms with Gasteiger partial charge in [0, 0.05) is 0 Å². The maximum absolute atomic E-state index is 10.7. The van der Waals surface area contributed by atoms with Crippen LogP contribution in [0.1, 0.15) is 10.4 Å². The number of rotatable bonds is 2. The molecule has 1 aromatic heterocycles. The van der Waals surface area contributed by atoms with Gasteiger partial charge < -0.3 is 16.0 Å². The lowest BCUT2D eigenvalue weighted by atomic mass is 10.3. The molecular weight excluding hydrogens is 166 g/mol. The van der Waals surface area contributed by atoms with Crippen molar-refractivity contribution in [2.24, 2.45) is 5.73 Å². The molecule has 0 atom stereocenters. The largest absolute Gasteiger partial charge is 0.367 e. The highest BCUT2D eigenvalue weighted by Crippen LogP contribution is 2.23. The van der Waals surface area contributed by atoms with Gasteiger partial charge in [-0.2, -0.15) is 0 Å². The van der Waals surface area contributed by atoms with Crippen LogP contribution in [-0.2, 0) is 0 Å². The van der Waals surface area contributed by atoms with E-state index < -0.39 is 5.91 Å². The van der Waals surface area contributed by atoms with Crippen LogP contribution >= 0.6 is 11.8 Å². The molecule has 0 fully saturated rings. The van der Waals surface area contributed by atoms with E-state index in [9.17, 15) is 4.79 Å². The third kappa shape index (κ3) is 1.30. The van der Waals surface area contributed by atoms with Gasteiger partial charge in [-0.3, -0.25) is 4.79 Å². The fourth-order valence-corrected chi connectivity index (χ4v) is 1.17. The zero-order chi connectivity index (χ0) is 8.43. The van der Waals surface area contributed by atoms with Crippen molar-refractivity contribution < 1.29 is 9.32 Å². The summed E-state index contributed by atoms with van der Waals surface area (Å²) in [5, 5.41) is 3.94. The normalized spacial score (nSPS) is 9.91. The minimum Gasteiger partial charge on any atom is -0.367 e. The van der Waals surface area contributed by atoms with Crippen LogP contribution in [0.2, 0.25) is 0 Å². The van der Waals surface area contributed by atoms with Gasteiger partial charge in [-0.25, -0.2) is 0 Å². The predicted octanol–water partition coefficient (Wildman–Crippen LogP) is 0.0776. The zero-order valence-electron chi connectivity index (χ0n) is 5.83. The van der Waals surface area contributed by atoms with Crippen LogP contribution in [0.25, 0.3) is 0 Å². The molecule has 0 bridgehead atoms. The molecule has 6 heteroatoms. The third-order valence-electron chi connectivity index (χ3n) is 1.13. The van der Waals surface area contributed by atoms with Crippen LogP contribution in [0.15, 0.2) is 9.55 Å². The quantitative estimate of drug-likeness (QED) is 0.617. The van der Waals surface area contributed by atoms with Crippen LogP contribution in [0.4, 0.5) is 5.88 Å². The molecule has 0 spiro atoms. The van der Waals surface area contributed by atoms with Gasteiger partial charge in [0.25, 0.3) is 5.91 Å². The van der Waals surface area contributed by atoms with Crippen LogP contribution in [-0.4, -0.2) is 17.3 Å². The van der Waals surface area contributed by atoms with Crippen molar-refractivity contribution in [2.75, 3.05) is 12.0 Å². The van der Waals surface area contributed by atoms with Crippen molar-refractivity contribution in [3.05, 3.63) is 5.56 Å². The maximum atomic E-state index is 10.7. The minimum absolute atomic E-state index is 0.0261. The molecule has 1 rings (SSSR count). The molecule has 0 saturated carbocycles. The molecule has 5 nitrogen and oxygen atoms in total. The molecule has 0 radical (unpaired) electrons. The molecule has 4 N–H and O–H groups in total. The van der Waals surface area contributed by atoms with Gasteiger partial charge in [-0.05, 0) is 6.26 Å². The van der Waals surface area contributed by atoms with Gasteiger partial charge in [0.2, 0.25) is 5.88 Å². The number of hydrogen-bond acceptors (Lipinski definition) is 5. The lowest BCUT2D eigenvalue weighted by Gasteiger charge is -1.90. The number of hydrogen-bond donors (Lipinski definition) is 2. The summed E-state index contributed by atoms with van der Waals surface area (Å²) in [5.41, 5.74) is 10.4. The van der Waals surface area contributed by atoms with E-state index in [-0.39, 0.29) is 11.4 Å². The molecule has 0 aliphatic rings. The second-order valence-electron chi connectivity index (χ2n) is 1.80. The molecule has 11 heavy (non-hydrogen) atoms. The Balaban J connectivity index is 3.17. The molecule has 60 valence electrons. The Morgan fingerprint density at radius 2 is 2.36 bits per heavy atom. The molecule has 0 aliphatic heterocycles. The second kappa shape index (κ2) is 2.83. The highest BCUT2D eigenvalue weighted by atomic mass is 32.2. The van der Waals surface area contributed by atoms with E-state index in [1.807, 2.05) is 0 Å². The summed E-state index contributed by atoms with van der Waals surface area (Å²) in [5.74, 6) is -0.644. The molecule has 0 saturated heterocycles. The Bertz CT molecular complexity index is 283. The van der Waals surface area contributed by atoms with Crippen LogP contribution < -0.4 is 11.5 Å². The predicted molar refractivity (Wildman–Crippen MR) is 41.2 cm³/mol. The van der Waals surface area contributed by atoms with Crippen LogP contribution in [0.3, 0.4) is 0 Å². The van der Waals surface area contributed by atoms with E-state index >= 15 is 0 Å². The van der Waals surface area contributed by atoms with Gasteiger partial charge in [0.15, 0.2) is 5.03 Å². The van der Waals surface area contributed by atoms with Gasteiger partial charge in [-0.1, -0.05) is 5.16 Å². The minimum atomic E-state index is -0.617. The highest BCUT2D eigenvalue weighted by molar-refractivity contribution is 7.98. The van der Waals surface area contributed by atoms with Gasteiger partial charge in [0.1, 0.15) is 5.56 Å². The van der Waals surface area contributed by atoms with Crippen molar-refractivity contribution in [3.8, 4) is 0 Å². The number of primary amides is 1.